The van der Waals surface area contributed by atoms with Crippen molar-refractivity contribution in [2.45, 2.75) is 116 Å². The Morgan fingerprint density at radius 1 is 0.833 bits per heavy atom. The van der Waals surface area contributed by atoms with Gasteiger partial charge in [-0.3, -0.25) is 13.8 Å². The molecule has 3 atom stereocenters. The molecule has 1 amide bonds. The van der Waals surface area contributed by atoms with Gasteiger partial charge in [0.15, 0.2) is 0 Å². The molecule has 0 radical (unpaired) electrons. The van der Waals surface area contributed by atoms with Crippen molar-refractivity contribution >= 4 is 13.7 Å². The van der Waals surface area contributed by atoms with Gasteiger partial charge < -0.3 is 19.8 Å². The Kier molecular flexibility index (Phi) is 25.0. The van der Waals surface area contributed by atoms with Gasteiger partial charge in [-0.1, -0.05) is 87.6 Å². The Morgan fingerprint density at radius 3 is 2.05 bits per heavy atom. The molecule has 3 N–H and O–H groups in total. The third-order valence-electron chi connectivity index (χ3n) is 6.59. The van der Waals surface area contributed by atoms with Crippen molar-refractivity contribution in [3.05, 3.63) is 48.6 Å². The summed E-state index contributed by atoms with van der Waals surface area (Å²) in [6.07, 6.45) is 29.2. The number of likely N-dealkylation sites (N-methyl/N-ethyl adjacent to an activating group) is 1. The standard InChI is InChI=1S/C33H61N2O6P/c1-6-8-10-12-14-16-17-19-21-23-25-27-33(37)34-31(30-41-42(38,39)40-29-28-35(3,4)5)32(36)26-24-22-20-18-15-13-11-9-7-2/h7,9,12,14-15,18,24,26,31-32,36H,6,8,10-11,13,16-17,19-23,25,27-30H2,1-5H3,(H-,34,37,38,39)/p+1/b9-7+,14-12-,18-15+,26-24+. The minimum absolute atomic E-state index is 0.0498. The van der Waals surface area contributed by atoms with Gasteiger partial charge in [-0.15, -0.1) is 0 Å². The van der Waals surface area contributed by atoms with Gasteiger partial charge in [-0.05, 0) is 58.3 Å². The summed E-state index contributed by atoms with van der Waals surface area (Å²) in [5.74, 6) is -0.210. The first-order valence-corrected chi connectivity index (χ1v) is 17.5. The van der Waals surface area contributed by atoms with Crippen molar-refractivity contribution in [2.75, 3.05) is 40.9 Å². The molecule has 0 aliphatic carbocycles. The number of quaternary nitrogens is 1. The van der Waals surface area contributed by atoms with E-state index in [-0.39, 0.29) is 19.1 Å². The van der Waals surface area contributed by atoms with E-state index in [9.17, 15) is 19.4 Å². The van der Waals surface area contributed by atoms with Crippen LogP contribution in [0.5, 0.6) is 0 Å². The minimum atomic E-state index is -4.33. The van der Waals surface area contributed by atoms with Crippen LogP contribution in [-0.2, 0) is 18.4 Å². The molecular formula is C33H62N2O6P+. The van der Waals surface area contributed by atoms with Crippen molar-refractivity contribution in [2.24, 2.45) is 0 Å². The van der Waals surface area contributed by atoms with Gasteiger partial charge in [-0.25, -0.2) is 4.57 Å². The summed E-state index contributed by atoms with van der Waals surface area (Å²) in [4.78, 5) is 22.8. The highest BCUT2D eigenvalue weighted by molar-refractivity contribution is 7.47. The highest BCUT2D eigenvalue weighted by atomic mass is 31.2. The summed E-state index contributed by atoms with van der Waals surface area (Å²) in [7, 11) is 1.52. The van der Waals surface area contributed by atoms with Crippen LogP contribution >= 0.6 is 7.82 Å². The van der Waals surface area contributed by atoms with E-state index in [0.717, 1.165) is 70.6 Å². The lowest BCUT2D eigenvalue weighted by molar-refractivity contribution is -0.870. The van der Waals surface area contributed by atoms with Crippen LogP contribution in [0.4, 0.5) is 0 Å². The zero-order valence-electron chi connectivity index (χ0n) is 27.2. The van der Waals surface area contributed by atoms with Crippen molar-refractivity contribution in [1.82, 2.24) is 5.32 Å². The smallest absolute Gasteiger partial charge is 0.387 e. The van der Waals surface area contributed by atoms with Gasteiger partial charge >= 0.3 is 7.82 Å². The Hall–Kier alpha value is -1.54. The third kappa shape index (κ3) is 27.3. The summed E-state index contributed by atoms with van der Waals surface area (Å²) in [6.45, 7) is 4.45. The minimum Gasteiger partial charge on any atom is -0.387 e. The first-order chi connectivity index (χ1) is 20.0. The number of aliphatic hydroxyl groups is 1. The fourth-order valence-electron chi connectivity index (χ4n) is 3.94. The Balaban J connectivity index is 4.72. The molecule has 3 unspecified atom stereocenters. The van der Waals surface area contributed by atoms with Crippen LogP contribution in [0, 0.1) is 0 Å². The zero-order valence-corrected chi connectivity index (χ0v) is 28.1. The van der Waals surface area contributed by atoms with E-state index in [1.54, 1.807) is 6.08 Å². The lowest BCUT2D eigenvalue weighted by Crippen LogP contribution is -2.45. The second kappa shape index (κ2) is 25.9. The van der Waals surface area contributed by atoms with Gasteiger partial charge in [-0.2, -0.15) is 0 Å². The summed E-state index contributed by atoms with van der Waals surface area (Å²) in [5.41, 5.74) is 0. The second-order valence-corrected chi connectivity index (χ2v) is 13.3. The fourth-order valence-corrected chi connectivity index (χ4v) is 4.68. The van der Waals surface area contributed by atoms with Gasteiger partial charge in [0.1, 0.15) is 13.2 Å². The van der Waals surface area contributed by atoms with Crippen LogP contribution in [0.25, 0.3) is 0 Å². The van der Waals surface area contributed by atoms with Gasteiger partial charge in [0.2, 0.25) is 5.91 Å². The van der Waals surface area contributed by atoms with E-state index in [4.69, 9.17) is 9.05 Å². The maximum Gasteiger partial charge on any atom is 0.472 e. The lowest BCUT2D eigenvalue weighted by atomic mass is 10.1. The number of hydrogen-bond donors (Lipinski definition) is 3. The average molecular weight is 614 g/mol. The predicted molar refractivity (Wildman–Crippen MR) is 175 cm³/mol. The number of carbonyl (C=O) groups is 1. The number of unbranched alkanes of at least 4 members (excludes halogenated alkanes) is 9. The molecular weight excluding hydrogens is 551 g/mol. The zero-order chi connectivity index (χ0) is 31.5. The topological polar surface area (TPSA) is 105 Å². The molecule has 0 saturated carbocycles. The first kappa shape index (κ1) is 40.5. The summed E-state index contributed by atoms with van der Waals surface area (Å²) in [5, 5.41) is 13.6. The molecule has 0 aromatic rings. The predicted octanol–water partition coefficient (Wildman–Crippen LogP) is 7.40. The number of allylic oxidation sites excluding steroid dienone is 7. The van der Waals surface area contributed by atoms with Crippen LogP contribution in [-0.4, -0.2) is 73.4 Å². The number of nitrogens with one attached hydrogen (secondary N) is 1. The van der Waals surface area contributed by atoms with Crippen LogP contribution in [0.1, 0.15) is 104 Å². The molecule has 0 spiro atoms. The fraction of sp³-hybridized carbons (Fsp3) is 0.727. The van der Waals surface area contributed by atoms with Crippen molar-refractivity contribution in [3.8, 4) is 0 Å². The van der Waals surface area contributed by atoms with Crippen molar-refractivity contribution in [3.63, 3.8) is 0 Å². The number of aliphatic hydroxyl groups excluding tert-OH is 1. The van der Waals surface area contributed by atoms with Crippen molar-refractivity contribution in [1.29, 1.82) is 0 Å². The number of phosphoric ester groups is 1. The van der Waals surface area contributed by atoms with Crippen LogP contribution in [0.2, 0.25) is 0 Å². The second-order valence-electron chi connectivity index (χ2n) is 11.8. The van der Waals surface area contributed by atoms with E-state index in [1.807, 2.05) is 40.2 Å². The highest BCUT2D eigenvalue weighted by Crippen LogP contribution is 2.43. The van der Waals surface area contributed by atoms with Crippen molar-refractivity contribution < 1.29 is 32.9 Å². The van der Waals surface area contributed by atoms with Gasteiger partial charge in [0.05, 0.1) is 39.9 Å². The number of rotatable bonds is 27. The number of nitrogens with zero attached hydrogens (tertiary/aromatic N) is 1. The van der Waals surface area contributed by atoms with E-state index >= 15 is 0 Å². The molecule has 0 aromatic heterocycles. The van der Waals surface area contributed by atoms with Gasteiger partial charge in [0.25, 0.3) is 0 Å². The molecule has 0 rings (SSSR count). The summed E-state index contributed by atoms with van der Waals surface area (Å²) >= 11 is 0. The monoisotopic (exact) mass is 613 g/mol. The maximum absolute atomic E-state index is 12.7. The third-order valence-corrected chi connectivity index (χ3v) is 7.58. The molecule has 244 valence electrons. The largest absolute Gasteiger partial charge is 0.472 e. The molecule has 0 aliphatic rings. The molecule has 8 nitrogen and oxygen atoms in total. The molecule has 0 aromatic carbocycles. The number of amides is 1. The highest BCUT2D eigenvalue weighted by Gasteiger charge is 2.27. The normalized spacial score (nSPS) is 15.7. The Labute approximate surface area is 257 Å². The SMILES string of the molecule is C/C=C/CC/C=C/CC/C=C/C(O)C(COP(=O)(O)OCC[N+](C)(C)C)NC(=O)CCCCCCC/C=C\CCCC. The van der Waals surface area contributed by atoms with E-state index in [2.05, 4.69) is 42.6 Å². The average Bonchev–Trinajstić information content (AvgIpc) is 2.92. The van der Waals surface area contributed by atoms with Crippen LogP contribution in [0.3, 0.4) is 0 Å². The molecule has 0 aliphatic heterocycles. The molecule has 0 fully saturated rings. The van der Waals surface area contributed by atoms with E-state index < -0.39 is 20.0 Å². The number of hydrogen-bond acceptors (Lipinski definition) is 5. The Bertz CT molecular complexity index is 835. The van der Waals surface area contributed by atoms with Gasteiger partial charge in [0, 0.05) is 6.42 Å². The molecule has 0 bridgehead atoms. The lowest BCUT2D eigenvalue weighted by Gasteiger charge is -2.25. The molecule has 9 heteroatoms. The summed E-state index contributed by atoms with van der Waals surface area (Å²) in [6, 6.07) is -0.868. The molecule has 42 heavy (non-hydrogen) atoms. The number of phosphoric acid groups is 1. The maximum atomic E-state index is 12.7. The van der Waals surface area contributed by atoms with Crippen LogP contribution in [0.15, 0.2) is 48.6 Å². The quantitative estimate of drug-likeness (QED) is 0.0386. The molecule has 0 saturated heterocycles. The first-order valence-electron chi connectivity index (χ1n) is 16.0. The number of carbonyl (C=O) groups excluding carboxylic acids is 1. The van der Waals surface area contributed by atoms with E-state index in [0.29, 0.717) is 17.4 Å². The molecule has 0 heterocycles. The Morgan fingerprint density at radius 2 is 1.40 bits per heavy atom. The van der Waals surface area contributed by atoms with Crippen LogP contribution < -0.4 is 5.32 Å². The summed E-state index contributed by atoms with van der Waals surface area (Å²) < 4.78 is 23.2. The van der Waals surface area contributed by atoms with E-state index in [1.165, 1.54) is 12.8 Å².